The van der Waals surface area contributed by atoms with Gasteiger partial charge in [-0.05, 0) is 43.6 Å². The molecule has 3 atom stereocenters. The second-order valence-electron chi connectivity index (χ2n) is 6.98. The molecule has 18 heavy (non-hydrogen) atoms. The fourth-order valence-electron chi connectivity index (χ4n) is 4.38. The monoisotopic (exact) mass is 267 g/mol. The fraction of sp³-hybridized carbons (Fsp3) is 0.933. The Bertz CT molecular complexity index is 348. The summed E-state index contributed by atoms with van der Waals surface area (Å²) >= 11 is 2.02. The maximum Gasteiger partial charge on any atom is 0.140 e. The van der Waals surface area contributed by atoms with E-state index in [1.165, 1.54) is 31.6 Å². The van der Waals surface area contributed by atoms with Crippen molar-refractivity contribution < 1.29 is 4.79 Å². The van der Waals surface area contributed by atoms with Crippen molar-refractivity contribution in [2.45, 2.75) is 52.0 Å². The molecule has 3 rings (SSSR count). The molecule has 0 spiro atoms. The Balaban J connectivity index is 1.61. The number of Topliss-reactive ketones (excluding diaryl/α,β-unsaturated/α-hetero) is 1. The molecule has 2 nitrogen and oxygen atoms in total. The Morgan fingerprint density at radius 3 is 2.78 bits per heavy atom. The molecular formula is C15H25NOS. The van der Waals surface area contributed by atoms with Crippen molar-refractivity contribution in [3.05, 3.63) is 0 Å². The molecule has 2 saturated carbocycles. The highest BCUT2D eigenvalue weighted by Gasteiger charge is 2.63. The zero-order valence-corrected chi connectivity index (χ0v) is 12.4. The van der Waals surface area contributed by atoms with E-state index in [0.29, 0.717) is 17.7 Å². The molecule has 0 radical (unpaired) electrons. The molecule has 0 aromatic rings. The van der Waals surface area contributed by atoms with E-state index in [1.54, 1.807) is 0 Å². The molecule has 3 heteroatoms. The van der Waals surface area contributed by atoms with Crippen LogP contribution in [0.15, 0.2) is 0 Å². The largest absolute Gasteiger partial charge is 0.313 e. The van der Waals surface area contributed by atoms with Gasteiger partial charge in [-0.3, -0.25) is 4.79 Å². The zero-order chi connectivity index (χ0) is 12.8. The Morgan fingerprint density at radius 1 is 1.39 bits per heavy atom. The third-order valence-electron chi connectivity index (χ3n) is 5.97. The number of hydrogen-bond acceptors (Lipinski definition) is 3. The molecule has 1 heterocycles. The van der Waals surface area contributed by atoms with E-state index in [2.05, 4.69) is 19.2 Å². The van der Waals surface area contributed by atoms with Gasteiger partial charge in [0.25, 0.3) is 0 Å². The molecule has 0 aromatic carbocycles. The van der Waals surface area contributed by atoms with Crippen LogP contribution in [0.1, 0.15) is 46.0 Å². The lowest BCUT2D eigenvalue weighted by Gasteiger charge is -2.36. The maximum absolute atomic E-state index is 12.4. The third-order valence-corrected chi connectivity index (χ3v) is 7.30. The SMILES string of the molecule is CC1(C)[C@@H]2CC[C@@]1(CSC[C@@H]1CCCN1)C(=O)C2. The van der Waals surface area contributed by atoms with E-state index >= 15 is 0 Å². The van der Waals surface area contributed by atoms with Gasteiger partial charge in [-0.1, -0.05) is 13.8 Å². The average molecular weight is 267 g/mol. The second-order valence-corrected chi connectivity index (χ2v) is 8.01. The Kier molecular flexibility index (Phi) is 3.26. The molecule has 3 aliphatic rings. The number of carbonyl (C=O) groups is 1. The smallest absolute Gasteiger partial charge is 0.140 e. The fourth-order valence-corrected chi connectivity index (χ4v) is 6.10. The number of nitrogens with one attached hydrogen (secondary N) is 1. The van der Waals surface area contributed by atoms with Crippen molar-refractivity contribution in [2.75, 3.05) is 18.1 Å². The topological polar surface area (TPSA) is 29.1 Å². The van der Waals surface area contributed by atoms with Gasteiger partial charge >= 0.3 is 0 Å². The standard InChI is InChI=1S/C15H25NOS/c1-14(2)11-5-6-15(14,13(17)8-11)10-18-9-12-4-3-7-16-12/h11-12,16H,3-10H2,1-2H3/t11-,12+,15-/m1/s1. The van der Waals surface area contributed by atoms with Crippen LogP contribution in [0.4, 0.5) is 0 Å². The van der Waals surface area contributed by atoms with Crippen LogP contribution >= 0.6 is 11.8 Å². The number of carbonyl (C=O) groups excluding carboxylic acids is 1. The first-order chi connectivity index (χ1) is 8.56. The van der Waals surface area contributed by atoms with Crippen LogP contribution < -0.4 is 5.32 Å². The molecule has 2 bridgehead atoms. The summed E-state index contributed by atoms with van der Waals surface area (Å²) in [5.74, 6) is 3.48. The van der Waals surface area contributed by atoms with E-state index in [9.17, 15) is 4.79 Å². The summed E-state index contributed by atoms with van der Waals surface area (Å²) in [6.07, 6.45) is 5.92. The first-order valence-corrected chi connectivity index (χ1v) is 8.56. The van der Waals surface area contributed by atoms with E-state index in [4.69, 9.17) is 0 Å². The summed E-state index contributed by atoms with van der Waals surface area (Å²) < 4.78 is 0. The van der Waals surface area contributed by atoms with Gasteiger partial charge in [-0.25, -0.2) is 0 Å². The number of fused-ring (bicyclic) bond motifs is 2. The van der Waals surface area contributed by atoms with E-state index < -0.39 is 0 Å². The molecule has 1 N–H and O–H groups in total. The lowest BCUT2D eigenvalue weighted by molar-refractivity contribution is -0.127. The molecule has 1 aliphatic heterocycles. The average Bonchev–Trinajstić information content (AvgIpc) is 2.95. The van der Waals surface area contributed by atoms with Gasteiger partial charge in [0.05, 0.1) is 0 Å². The van der Waals surface area contributed by atoms with Gasteiger partial charge < -0.3 is 5.32 Å². The minimum absolute atomic E-state index is 0.0148. The number of thioether (sulfide) groups is 1. The van der Waals surface area contributed by atoms with Crippen LogP contribution in [0.2, 0.25) is 0 Å². The normalized spacial score (nSPS) is 41.8. The van der Waals surface area contributed by atoms with Crippen LogP contribution in [-0.4, -0.2) is 29.9 Å². The van der Waals surface area contributed by atoms with Crippen molar-refractivity contribution in [3.8, 4) is 0 Å². The zero-order valence-electron chi connectivity index (χ0n) is 11.6. The van der Waals surface area contributed by atoms with E-state index in [0.717, 1.165) is 18.6 Å². The summed E-state index contributed by atoms with van der Waals surface area (Å²) in [5.41, 5.74) is 0.265. The molecular weight excluding hydrogens is 242 g/mol. The van der Waals surface area contributed by atoms with Gasteiger partial charge in [-0.2, -0.15) is 11.8 Å². The van der Waals surface area contributed by atoms with Gasteiger partial charge in [0.2, 0.25) is 0 Å². The van der Waals surface area contributed by atoms with Crippen LogP contribution in [0.3, 0.4) is 0 Å². The predicted octanol–water partition coefficient (Wildman–Crippen LogP) is 2.87. The summed E-state index contributed by atoms with van der Waals surface area (Å²) in [4.78, 5) is 12.4. The van der Waals surface area contributed by atoms with E-state index in [1.807, 2.05) is 11.8 Å². The summed E-state index contributed by atoms with van der Waals surface area (Å²) in [6.45, 7) is 5.86. The van der Waals surface area contributed by atoms with Crippen molar-refractivity contribution in [1.29, 1.82) is 0 Å². The van der Waals surface area contributed by atoms with Crippen molar-refractivity contribution in [1.82, 2.24) is 5.32 Å². The highest BCUT2D eigenvalue weighted by Crippen LogP contribution is 2.64. The molecule has 1 saturated heterocycles. The van der Waals surface area contributed by atoms with Crippen LogP contribution in [0, 0.1) is 16.7 Å². The van der Waals surface area contributed by atoms with Gasteiger partial charge in [0.1, 0.15) is 5.78 Å². The summed E-state index contributed by atoms with van der Waals surface area (Å²) in [5, 5.41) is 3.55. The van der Waals surface area contributed by atoms with Crippen molar-refractivity contribution in [2.24, 2.45) is 16.7 Å². The van der Waals surface area contributed by atoms with Crippen LogP contribution in [0.25, 0.3) is 0 Å². The molecule has 0 aromatic heterocycles. The Labute approximate surface area is 115 Å². The van der Waals surface area contributed by atoms with Gasteiger partial charge in [0, 0.05) is 29.4 Å². The maximum atomic E-state index is 12.4. The van der Waals surface area contributed by atoms with Gasteiger partial charge in [0.15, 0.2) is 0 Å². The number of ketones is 1. The molecule has 2 aliphatic carbocycles. The Hall–Kier alpha value is -0.0200. The molecule has 0 unspecified atom stereocenters. The van der Waals surface area contributed by atoms with Gasteiger partial charge in [-0.15, -0.1) is 0 Å². The molecule has 3 fully saturated rings. The summed E-state index contributed by atoms with van der Waals surface area (Å²) in [6, 6.07) is 0.697. The predicted molar refractivity (Wildman–Crippen MR) is 76.9 cm³/mol. The minimum Gasteiger partial charge on any atom is -0.313 e. The lowest BCUT2D eigenvalue weighted by atomic mass is 9.70. The van der Waals surface area contributed by atoms with Crippen molar-refractivity contribution in [3.63, 3.8) is 0 Å². The van der Waals surface area contributed by atoms with Crippen LogP contribution in [-0.2, 0) is 4.79 Å². The highest BCUT2D eigenvalue weighted by atomic mass is 32.2. The van der Waals surface area contributed by atoms with Crippen molar-refractivity contribution >= 4 is 17.5 Å². The first kappa shape index (κ1) is 13.0. The quantitative estimate of drug-likeness (QED) is 0.849. The molecule has 102 valence electrons. The lowest BCUT2D eigenvalue weighted by Crippen LogP contribution is -2.39. The third kappa shape index (κ3) is 1.77. The first-order valence-electron chi connectivity index (χ1n) is 7.41. The summed E-state index contributed by atoms with van der Waals surface area (Å²) in [7, 11) is 0. The number of hydrogen-bond donors (Lipinski definition) is 1. The number of rotatable bonds is 4. The molecule has 0 amide bonds. The van der Waals surface area contributed by atoms with E-state index in [-0.39, 0.29) is 10.8 Å². The Morgan fingerprint density at radius 2 is 2.22 bits per heavy atom. The highest BCUT2D eigenvalue weighted by molar-refractivity contribution is 7.99. The van der Waals surface area contributed by atoms with Crippen LogP contribution in [0.5, 0.6) is 0 Å². The minimum atomic E-state index is 0.0148. The second kappa shape index (κ2) is 4.52.